The Hall–Kier alpha value is 0.450. The molecule has 2 heterocycles. The van der Waals surface area contributed by atoms with E-state index in [0.29, 0.717) is 6.04 Å². The molecule has 0 saturated carbocycles. The number of hydrazine groups is 1. The highest BCUT2D eigenvalue weighted by molar-refractivity contribution is 9.10. The third-order valence-electron chi connectivity index (χ3n) is 3.13. The molecule has 1 aromatic heterocycles. The van der Waals surface area contributed by atoms with Crippen LogP contribution in [0.2, 0.25) is 0 Å². The van der Waals surface area contributed by atoms with Gasteiger partial charge in [0.05, 0.1) is 0 Å². The molecule has 1 aromatic rings. The maximum absolute atomic E-state index is 5.68. The van der Waals surface area contributed by atoms with Crippen LogP contribution in [0.5, 0.6) is 0 Å². The molecule has 1 saturated heterocycles. The molecule has 3 N–H and O–H groups in total. The molecule has 0 radical (unpaired) electrons. The van der Waals surface area contributed by atoms with Crippen LogP contribution < -0.4 is 11.3 Å². The molecule has 0 bridgehead atoms. The predicted octanol–water partition coefficient (Wildman–Crippen LogP) is 3.55. The highest BCUT2D eigenvalue weighted by Gasteiger charge is 2.21. The number of halogens is 1. The van der Waals surface area contributed by atoms with Crippen molar-refractivity contribution in [1.82, 2.24) is 5.43 Å². The van der Waals surface area contributed by atoms with Gasteiger partial charge >= 0.3 is 0 Å². The molecule has 90 valence electrons. The maximum atomic E-state index is 5.68. The average Bonchev–Trinajstić information content (AvgIpc) is 2.74. The molecule has 5 heteroatoms. The Bertz CT molecular complexity index is 324. The number of hydrogen-bond acceptors (Lipinski definition) is 4. The molecule has 1 atom stereocenters. The predicted molar refractivity (Wildman–Crippen MR) is 76.7 cm³/mol. The first-order valence-electron chi connectivity index (χ1n) is 5.56. The smallest absolute Gasteiger partial charge is 0.0482 e. The lowest BCUT2D eigenvalue weighted by atomic mass is 9.92. The molecule has 0 aromatic carbocycles. The van der Waals surface area contributed by atoms with E-state index in [1.165, 1.54) is 34.4 Å². The fraction of sp³-hybridized carbons (Fsp3) is 0.636. The van der Waals surface area contributed by atoms with E-state index < -0.39 is 0 Å². The van der Waals surface area contributed by atoms with Crippen molar-refractivity contribution in [2.75, 3.05) is 11.5 Å². The van der Waals surface area contributed by atoms with Crippen LogP contribution in [0.1, 0.15) is 30.9 Å². The zero-order valence-electron chi connectivity index (χ0n) is 9.12. The molecule has 0 spiro atoms. The molecular formula is C11H17BrN2S2. The van der Waals surface area contributed by atoms with Crippen molar-refractivity contribution in [3.05, 3.63) is 20.8 Å². The molecular weight excluding hydrogens is 304 g/mol. The lowest BCUT2D eigenvalue weighted by Gasteiger charge is -2.26. The van der Waals surface area contributed by atoms with Gasteiger partial charge in [0.1, 0.15) is 0 Å². The van der Waals surface area contributed by atoms with Gasteiger partial charge in [0.15, 0.2) is 0 Å². The Morgan fingerprint density at radius 1 is 1.44 bits per heavy atom. The van der Waals surface area contributed by atoms with Crippen LogP contribution in [0.3, 0.4) is 0 Å². The second-order valence-corrected chi connectivity index (χ2v) is 7.01. The van der Waals surface area contributed by atoms with E-state index in [9.17, 15) is 0 Å². The first-order chi connectivity index (χ1) is 7.81. The van der Waals surface area contributed by atoms with Crippen molar-refractivity contribution in [1.29, 1.82) is 0 Å². The van der Waals surface area contributed by atoms with E-state index in [2.05, 4.69) is 43.9 Å². The highest BCUT2D eigenvalue weighted by atomic mass is 79.9. The molecule has 0 amide bonds. The SMILES string of the molecule is NNC(CC1CCSCC1)c1cscc1Br. The summed E-state index contributed by atoms with van der Waals surface area (Å²) in [6.45, 7) is 0. The number of nitrogens with two attached hydrogens (primary N) is 1. The zero-order valence-corrected chi connectivity index (χ0v) is 12.3. The minimum absolute atomic E-state index is 0.300. The summed E-state index contributed by atoms with van der Waals surface area (Å²) in [5, 5.41) is 4.31. The summed E-state index contributed by atoms with van der Waals surface area (Å²) >= 11 is 7.38. The van der Waals surface area contributed by atoms with Gasteiger partial charge in [0, 0.05) is 15.9 Å². The van der Waals surface area contributed by atoms with E-state index in [1.54, 1.807) is 11.3 Å². The van der Waals surface area contributed by atoms with Crippen LogP contribution in [-0.2, 0) is 0 Å². The van der Waals surface area contributed by atoms with Gasteiger partial charge in [-0.15, -0.1) is 0 Å². The van der Waals surface area contributed by atoms with Gasteiger partial charge in [-0.3, -0.25) is 11.3 Å². The average molecular weight is 321 g/mol. The molecule has 16 heavy (non-hydrogen) atoms. The molecule has 1 aliphatic heterocycles. The number of hydrogen-bond donors (Lipinski definition) is 2. The van der Waals surface area contributed by atoms with Gasteiger partial charge in [-0.25, -0.2) is 0 Å². The van der Waals surface area contributed by atoms with Gasteiger partial charge < -0.3 is 0 Å². The van der Waals surface area contributed by atoms with E-state index in [4.69, 9.17) is 5.84 Å². The summed E-state index contributed by atoms with van der Waals surface area (Å²) < 4.78 is 1.19. The number of rotatable bonds is 4. The lowest BCUT2D eigenvalue weighted by molar-refractivity contribution is 0.373. The third kappa shape index (κ3) is 3.23. The van der Waals surface area contributed by atoms with Crippen molar-refractivity contribution >= 4 is 39.0 Å². The van der Waals surface area contributed by atoms with Gasteiger partial charge in [0.2, 0.25) is 0 Å². The van der Waals surface area contributed by atoms with E-state index >= 15 is 0 Å². The molecule has 2 rings (SSSR count). The van der Waals surface area contributed by atoms with Crippen LogP contribution in [0.25, 0.3) is 0 Å². The molecule has 0 aliphatic carbocycles. The molecule has 1 aliphatic rings. The number of nitrogens with one attached hydrogen (secondary N) is 1. The summed E-state index contributed by atoms with van der Waals surface area (Å²) in [7, 11) is 0. The second-order valence-electron chi connectivity index (χ2n) is 4.19. The van der Waals surface area contributed by atoms with Gasteiger partial charge in [-0.2, -0.15) is 23.1 Å². The van der Waals surface area contributed by atoms with E-state index in [1.807, 2.05) is 0 Å². The Labute approximate surface area is 113 Å². The zero-order chi connectivity index (χ0) is 11.4. The second kappa shape index (κ2) is 6.40. The summed E-state index contributed by atoms with van der Waals surface area (Å²) in [6, 6.07) is 0.300. The molecule has 1 unspecified atom stereocenters. The minimum Gasteiger partial charge on any atom is -0.271 e. The topological polar surface area (TPSA) is 38.0 Å². The van der Waals surface area contributed by atoms with Crippen LogP contribution in [0.4, 0.5) is 0 Å². The monoisotopic (exact) mass is 320 g/mol. The standard InChI is InChI=1S/C11H17BrN2S2/c12-10-7-16-6-9(10)11(14-13)5-8-1-3-15-4-2-8/h6-8,11,14H,1-5,13H2. The van der Waals surface area contributed by atoms with Crippen LogP contribution >= 0.6 is 39.0 Å². The first-order valence-corrected chi connectivity index (χ1v) is 8.45. The molecule has 2 nitrogen and oxygen atoms in total. The number of thiophene rings is 1. The van der Waals surface area contributed by atoms with Crippen molar-refractivity contribution in [2.24, 2.45) is 11.8 Å². The van der Waals surface area contributed by atoms with Gasteiger partial charge in [-0.1, -0.05) is 0 Å². The van der Waals surface area contributed by atoms with Gasteiger partial charge in [0.25, 0.3) is 0 Å². The van der Waals surface area contributed by atoms with Crippen LogP contribution in [0.15, 0.2) is 15.2 Å². The van der Waals surface area contributed by atoms with Gasteiger partial charge in [-0.05, 0) is 63.6 Å². The van der Waals surface area contributed by atoms with Crippen molar-refractivity contribution in [3.63, 3.8) is 0 Å². The Balaban J connectivity index is 1.97. The van der Waals surface area contributed by atoms with E-state index in [-0.39, 0.29) is 0 Å². The summed E-state index contributed by atoms with van der Waals surface area (Å²) in [5.41, 5.74) is 4.27. The quantitative estimate of drug-likeness (QED) is 0.658. The highest BCUT2D eigenvalue weighted by Crippen LogP contribution is 2.34. The Morgan fingerprint density at radius 3 is 2.75 bits per heavy atom. The first kappa shape index (κ1) is 12.9. The van der Waals surface area contributed by atoms with Crippen LogP contribution in [0, 0.1) is 5.92 Å². The maximum Gasteiger partial charge on any atom is 0.0482 e. The Morgan fingerprint density at radius 2 is 2.19 bits per heavy atom. The molecule has 1 fully saturated rings. The van der Waals surface area contributed by atoms with Crippen molar-refractivity contribution in [2.45, 2.75) is 25.3 Å². The minimum atomic E-state index is 0.300. The fourth-order valence-corrected chi connectivity index (χ4v) is 4.97. The Kier molecular flexibility index (Phi) is 5.16. The summed E-state index contributed by atoms with van der Waals surface area (Å²) in [4.78, 5) is 0. The number of thioether (sulfide) groups is 1. The fourth-order valence-electron chi connectivity index (χ4n) is 2.14. The van der Waals surface area contributed by atoms with Crippen LogP contribution in [-0.4, -0.2) is 11.5 Å². The van der Waals surface area contributed by atoms with Crippen molar-refractivity contribution < 1.29 is 0 Å². The third-order valence-corrected chi connectivity index (χ3v) is 5.93. The largest absolute Gasteiger partial charge is 0.271 e. The summed E-state index contributed by atoms with van der Waals surface area (Å²) in [5.74, 6) is 9.13. The van der Waals surface area contributed by atoms with E-state index in [0.717, 1.165) is 12.3 Å². The summed E-state index contributed by atoms with van der Waals surface area (Å²) in [6.07, 6.45) is 3.83. The lowest BCUT2D eigenvalue weighted by Crippen LogP contribution is -2.30. The normalized spacial score (nSPS) is 19.9. The van der Waals surface area contributed by atoms with Crippen molar-refractivity contribution in [3.8, 4) is 0 Å².